The smallest absolute Gasteiger partial charge is 0.180 e. The summed E-state index contributed by atoms with van der Waals surface area (Å²) >= 11 is 0. The minimum absolute atomic E-state index is 0.292. The zero-order chi connectivity index (χ0) is 11.6. The van der Waals surface area contributed by atoms with Crippen LogP contribution in [-0.2, 0) is 16.3 Å². The molecule has 16 heavy (non-hydrogen) atoms. The van der Waals surface area contributed by atoms with Crippen molar-refractivity contribution in [2.45, 2.75) is 37.5 Å². The van der Waals surface area contributed by atoms with Gasteiger partial charge in [0.15, 0.2) is 9.84 Å². The maximum Gasteiger partial charge on any atom is 0.180 e. The molecule has 88 valence electrons. The van der Waals surface area contributed by atoms with E-state index in [2.05, 4.69) is 4.98 Å². The molecule has 1 heterocycles. The molecule has 0 aliphatic heterocycles. The highest BCUT2D eigenvalue weighted by molar-refractivity contribution is 7.91. The summed E-state index contributed by atoms with van der Waals surface area (Å²) in [6.07, 6.45) is 5.61. The zero-order valence-electron chi connectivity index (χ0n) is 9.52. The summed E-state index contributed by atoms with van der Waals surface area (Å²) in [6, 6.07) is 3.48. The zero-order valence-corrected chi connectivity index (χ0v) is 10.3. The number of hydrogen-bond donors (Lipinski definition) is 0. The second-order valence-corrected chi connectivity index (χ2v) is 6.45. The van der Waals surface area contributed by atoms with Crippen LogP contribution in [0.2, 0.25) is 0 Å². The van der Waals surface area contributed by atoms with Gasteiger partial charge in [-0.3, -0.25) is 4.98 Å². The molecule has 0 radical (unpaired) electrons. The van der Waals surface area contributed by atoms with Gasteiger partial charge in [-0.1, -0.05) is 13.3 Å². The third kappa shape index (κ3) is 2.43. The monoisotopic (exact) mass is 239 g/mol. The molecular weight excluding hydrogens is 222 g/mol. The van der Waals surface area contributed by atoms with Crippen molar-refractivity contribution in [3.63, 3.8) is 0 Å². The first-order valence-electron chi connectivity index (χ1n) is 5.79. The van der Waals surface area contributed by atoms with E-state index < -0.39 is 9.84 Å². The van der Waals surface area contributed by atoms with Crippen molar-refractivity contribution in [3.8, 4) is 0 Å². The van der Waals surface area contributed by atoms with Crippen LogP contribution in [0.4, 0.5) is 0 Å². The van der Waals surface area contributed by atoms with Gasteiger partial charge >= 0.3 is 0 Å². The maximum absolute atomic E-state index is 12.0. The number of hydrogen-bond acceptors (Lipinski definition) is 3. The molecule has 4 heteroatoms. The molecule has 0 bridgehead atoms. The Morgan fingerprint density at radius 3 is 2.56 bits per heavy atom. The van der Waals surface area contributed by atoms with Crippen LogP contribution >= 0.6 is 0 Å². The lowest BCUT2D eigenvalue weighted by Crippen LogP contribution is -2.22. The Kier molecular flexibility index (Phi) is 3.28. The fourth-order valence-electron chi connectivity index (χ4n) is 1.87. The number of sulfone groups is 1. The highest BCUT2D eigenvalue weighted by Gasteiger charge is 2.25. The Hall–Kier alpha value is -0.900. The van der Waals surface area contributed by atoms with Gasteiger partial charge in [-0.25, -0.2) is 8.42 Å². The fourth-order valence-corrected chi connectivity index (χ4v) is 3.51. The van der Waals surface area contributed by atoms with Crippen LogP contribution in [0, 0.1) is 5.92 Å². The minimum Gasteiger partial charge on any atom is -0.260 e. The van der Waals surface area contributed by atoms with Gasteiger partial charge in [0.2, 0.25) is 0 Å². The molecule has 1 aromatic rings. The summed E-state index contributed by atoms with van der Waals surface area (Å²) in [5, 5.41) is 0. The third-order valence-electron chi connectivity index (χ3n) is 3.20. The molecule has 0 unspecified atom stereocenters. The Morgan fingerprint density at radius 2 is 2.12 bits per heavy atom. The standard InChI is InChI=1S/C12H17NO2S/c1-2-11-6-7-12(8-13-11)16(14,15)9-10-4-3-5-10/h6-8,10H,2-5,9H2,1H3. The molecule has 1 aliphatic carbocycles. The van der Waals surface area contributed by atoms with Crippen LogP contribution in [-0.4, -0.2) is 19.2 Å². The van der Waals surface area contributed by atoms with Gasteiger partial charge in [0, 0.05) is 11.9 Å². The molecule has 1 aliphatic rings. The van der Waals surface area contributed by atoms with E-state index in [-0.39, 0.29) is 0 Å². The van der Waals surface area contributed by atoms with Crippen molar-refractivity contribution >= 4 is 9.84 Å². The first-order chi connectivity index (χ1) is 7.62. The van der Waals surface area contributed by atoms with Crippen LogP contribution in [0.25, 0.3) is 0 Å². The molecule has 1 fully saturated rings. The van der Waals surface area contributed by atoms with Gasteiger partial charge in [-0.05, 0) is 37.3 Å². The first-order valence-corrected chi connectivity index (χ1v) is 7.44. The van der Waals surface area contributed by atoms with E-state index in [0.29, 0.717) is 16.6 Å². The van der Waals surface area contributed by atoms with Gasteiger partial charge in [0.05, 0.1) is 10.6 Å². The first kappa shape index (κ1) is 11.6. The van der Waals surface area contributed by atoms with Crippen molar-refractivity contribution in [1.82, 2.24) is 4.98 Å². The summed E-state index contributed by atoms with van der Waals surface area (Å²) in [5.41, 5.74) is 0.933. The Bertz CT molecular complexity index is 446. The molecule has 0 saturated heterocycles. The average Bonchev–Trinajstić information content (AvgIpc) is 2.24. The number of nitrogens with zero attached hydrogens (tertiary/aromatic N) is 1. The molecule has 2 rings (SSSR count). The summed E-state index contributed by atoms with van der Waals surface area (Å²) in [5.74, 6) is 0.663. The van der Waals surface area contributed by atoms with Gasteiger partial charge in [-0.15, -0.1) is 0 Å². The number of aryl methyl sites for hydroxylation is 1. The van der Waals surface area contributed by atoms with Crippen LogP contribution in [0.1, 0.15) is 31.9 Å². The van der Waals surface area contributed by atoms with E-state index in [0.717, 1.165) is 25.0 Å². The van der Waals surface area contributed by atoms with E-state index in [1.165, 1.54) is 12.6 Å². The predicted octanol–water partition coefficient (Wildman–Crippen LogP) is 2.22. The van der Waals surface area contributed by atoms with Crippen molar-refractivity contribution in [1.29, 1.82) is 0 Å². The molecule has 0 N–H and O–H groups in total. The van der Waals surface area contributed by atoms with Crippen molar-refractivity contribution in [2.75, 3.05) is 5.75 Å². The van der Waals surface area contributed by atoms with Gasteiger partial charge in [-0.2, -0.15) is 0 Å². The fraction of sp³-hybridized carbons (Fsp3) is 0.583. The van der Waals surface area contributed by atoms with Crippen molar-refractivity contribution < 1.29 is 8.42 Å². The SMILES string of the molecule is CCc1ccc(S(=O)(=O)CC2CCC2)cn1. The lowest BCUT2D eigenvalue weighted by molar-refractivity contribution is 0.347. The van der Waals surface area contributed by atoms with Crippen LogP contribution in [0.15, 0.2) is 23.2 Å². The quantitative estimate of drug-likeness (QED) is 0.809. The number of pyridine rings is 1. The molecule has 1 aromatic heterocycles. The summed E-state index contributed by atoms with van der Waals surface area (Å²) < 4.78 is 24.0. The second kappa shape index (κ2) is 4.53. The number of rotatable bonds is 4. The highest BCUT2D eigenvalue weighted by atomic mass is 32.2. The molecule has 0 spiro atoms. The van der Waals surface area contributed by atoms with E-state index in [9.17, 15) is 8.42 Å². The molecule has 0 atom stereocenters. The Morgan fingerprint density at radius 1 is 1.38 bits per heavy atom. The summed E-state index contributed by atoms with van der Waals surface area (Å²) in [7, 11) is -3.11. The lowest BCUT2D eigenvalue weighted by atomic mass is 9.87. The summed E-state index contributed by atoms with van der Waals surface area (Å²) in [4.78, 5) is 4.51. The minimum atomic E-state index is -3.11. The van der Waals surface area contributed by atoms with Crippen LogP contribution in [0.5, 0.6) is 0 Å². The van der Waals surface area contributed by atoms with Gasteiger partial charge in [0.25, 0.3) is 0 Å². The third-order valence-corrected chi connectivity index (χ3v) is 5.07. The molecule has 0 amide bonds. The maximum atomic E-state index is 12.0. The van der Waals surface area contributed by atoms with Crippen LogP contribution < -0.4 is 0 Å². The predicted molar refractivity (Wildman–Crippen MR) is 63.0 cm³/mol. The number of aromatic nitrogens is 1. The largest absolute Gasteiger partial charge is 0.260 e. The lowest BCUT2D eigenvalue weighted by Gasteiger charge is -2.24. The van der Waals surface area contributed by atoms with E-state index >= 15 is 0 Å². The van der Waals surface area contributed by atoms with E-state index in [1.807, 2.05) is 6.92 Å². The molecule has 3 nitrogen and oxygen atoms in total. The Balaban J connectivity index is 2.14. The molecule has 0 aromatic carbocycles. The van der Waals surface area contributed by atoms with Crippen LogP contribution in [0.3, 0.4) is 0 Å². The van der Waals surface area contributed by atoms with E-state index in [4.69, 9.17) is 0 Å². The summed E-state index contributed by atoms with van der Waals surface area (Å²) in [6.45, 7) is 2.00. The van der Waals surface area contributed by atoms with Crippen molar-refractivity contribution in [3.05, 3.63) is 24.0 Å². The normalized spacial score (nSPS) is 17.1. The molecule has 1 saturated carbocycles. The average molecular weight is 239 g/mol. The van der Waals surface area contributed by atoms with Gasteiger partial charge < -0.3 is 0 Å². The van der Waals surface area contributed by atoms with E-state index in [1.54, 1.807) is 12.1 Å². The highest BCUT2D eigenvalue weighted by Crippen LogP contribution is 2.29. The molecular formula is C12H17NO2S. The van der Waals surface area contributed by atoms with Gasteiger partial charge in [0.1, 0.15) is 0 Å². The Labute approximate surface area is 96.8 Å². The topological polar surface area (TPSA) is 47.0 Å². The second-order valence-electron chi connectivity index (χ2n) is 4.42. The van der Waals surface area contributed by atoms with Crippen molar-refractivity contribution in [2.24, 2.45) is 5.92 Å².